The molecule has 4 rings (SSSR count). The van der Waals surface area contributed by atoms with Crippen molar-refractivity contribution in [3.8, 4) is 22.5 Å². The number of aromatic nitrogens is 2. The van der Waals surface area contributed by atoms with E-state index in [4.69, 9.17) is 9.72 Å². The lowest BCUT2D eigenvalue weighted by atomic mass is 9.93. The zero-order valence-corrected chi connectivity index (χ0v) is 16.4. The van der Waals surface area contributed by atoms with Gasteiger partial charge in [0.25, 0.3) is 0 Å². The molecule has 2 heterocycles. The van der Waals surface area contributed by atoms with Gasteiger partial charge in [0.1, 0.15) is 6.10 Å². The molecule has 0 unspecified atom stereocenters. The topological polar surface area (TPSA) is 75.2 Å². The van der Waals surface area contributed by atoms with E-state index in [0.717, 1.165) is 27.7 Å². The number of esters is 1. The molecule has 28 heavy (non-hydrogen) atoms. The van der Waals surface area contributed by atoms with Crippen molar-refractivity contribution in [1.29, 1.82) is 0 Å². The van der Waals surface area contributed by atoms with Crippen LogP contribution in [0.15, 0.2) is 65.8 Å². The number of carbonyl (C=O) groups is 1. The number of imidazole rings is 1. The van der Waals surface area contributed by atoms with E-state index in [9.17, 15) is 9.90 Å². The van der Waals surface area contributed by atoms with Gasteiger partial charge in [-0.1, -0.05) is 72.4 Å². The Morgan fingerprint density at radius 1 is 1.14 bits per heavy atom. The minimum Gasteiger partial charge on any atom is -0.461 e. The van der Waals surface area contributed by atoms with Gasteiger partial charge in [-0.15, -0.1) is 0 Å². The Morgan fingerprint density at radius 2 is 1.79 bits per heavy atom. The summed E-state index contributed by atoms with van der Waals surface area (Å²) in [4.78, 5) is 19.9. The fourth-order valence-electron chi connectivity index (χ4n) is 3.45. The molecule has 2 N–H and O–H groups in total. The van der Waals surface area contributed by atoms with Gasteiger partial charge in [0.2, 0.25) is 0 Å². The van der Waals surface area contributed by atoms with Crippen molar-refractivity contribution in [3.63, 3.8) is 0 Å². The second kappa shape index (κ2) is 7.81. The monoisotopic (exact) mass is 394 g/mol. The molecule has 3 aromatic rings. The molecule has 2 atom stereocenters. The third-order valence-corrected chi connectivity index (χ3v) is 5.69. The lowest BCUT2D eigenvalue weighted by Gasteiger charge is -2.32. The number of cyclic esters (lactones) is 1. The normalized spacial score (nSPS) is 22.1. The quantitative estimate of drug-likeness (QED) is 0.499. The average Bonchev–Trinajstić information content (AvgIpc) is 3.11. The predicted octanol–water partition coefficient (Wildman–Crippen LogP) is 4.29. The Labute approximate surface area is 168 Å². The molecule has 1 saturated heterocycles. The fraction of sp³-hybridized carbons (Fsp3) is 0.273. The molecule has 1 fully saturated rings. The Morgan fingerprint density at radius 3 is 2.43 bits per heavy atom. The van der Waals surface area contributed by atoms with Crippen LogP contribution in [0.5, 0.6) is 0 Å². The van der Waals surface area contributed by atoms with Gasteiger partial charge in [-0.3, -0.25) is 4.79 Å². The molecule has 0 amide bonds. The Hall–Kier alpha value is -2.57. The summed E-state index contributed by atoms with van der Waals surface area (Å²) in [7, 11) is 0. The van der Waals surface area contributed by atoms with Crippen molar-refractivity contribution < 1.29 is 14.6 Å². The number of aliphatic hydroxyl groups is 1. The largest absolute Gasteiger partial charge is 0.461 e. The molecule has 0 saturated carbocycles. The average molecular weight is 394 g/mol. The summed E-state index contributed by atoms with van der Waals surface area (Å²) in [6, 6.07) is 20.1. The summed E-state index contributed by atoms with van der Waals surface area (Å²) in [5.41, 5.74) is 2.95. The Bertz CT molecular complexity index is 897. The summed E-state index contributed by atoms with van der Waals surface area (Å²) in [5.74, 6) is 0.189. The molecule has 6 heteroatoms. The summed E-state index contributed by atoms with van der Waals surface area (Å²) in [6.07, 6.45) is 0.154. The van der Waals surface area contributed by atoms with Crippen molar-refractivity contribution >= 4 is 17.7 Å². The number of H-pyrrole nitrogens is 1. The van der Waals surface area contributed by atoms with Crippen LogP contribution in [0, 0.1) is 0 Å². The van der Waals surface area contributed by atoms with E-state index in [2.05, 4.69) is 17.1 Å². The van der Waals surface area contributed by atoms with Crippen LogP contribution in [0.4, 0.5) is 0 Å². The number of nitrogens with one attached hydrogen (secondary N) is 1. The van der Waals surface area contributed by atoms with Crippen molar-refractivity contribution in [2.24, 2.45) is 0 Å². The number of benzene rings is 2. The second-order valence-electron chi connectivity index (χ2n) is 7.30. The van der Waals surface area contributed by atoms with Gasteiger partial charge in [-0.05, 0) is 6.92 Å². The standard InChI is InChI=1S/C22H22N2O3S/c1-22(26)12-17(27-18(25)13-22)14-28-21-23-19(15-8-4-2-5-9-15)20(24-21)16-10-6-3-7-11-16/h2-11,17,26H,12-14H2,1H3,(H,23,24)/t17-,22-/m1/s1. The highest BCUT2D eigenvalue weighted by molar-refractivity contribution is 7.99. The number of aromatic amines is 1. The van der Waals surface area contributed by atoms with E-state index >= 15 is 0 Å². The van der Waals surface area contributed by atoms with E-state index in [0.29, 0.717) is 12.2 Å². The van der Waals surface area contributed by atoms with Gasteiger partial charge in [0.15, 0.2) is 5.16 Å². The van der Waals surface area contributed by atoms with Crippen LogP contribution >= 0.6 is 11.8 Å². The maximum absolute atomic E-state index is 11.7. The van der Waals surface area contributed by atoms with E-state index in [1.807, 2.05) is 48.5 Å². The molecule has 144 valence electrons. The van der Waals surface area contributed by atoms with Gasteiger partial charge >= 0.3 is 5.97 Å². The van der Waals surface area contributed by atoms with Gasteiger partial charge in [0.05, 0.1) is 23.4 Å². The van der Waals surface area contributed by atoms with Crippen molar-refractivity contribution in [1.82, 2.24) is 9.97 Å². The second-order valence-corrected chi connectivity index (χ2v) is 8.31. The molecule has 2 aromatic carbocycles. The zero-order valence-electron chi connectivity index (χ0n) is 15.6. The molecule has 5 nitrogen and oxygen atoms in total. The maximum atomic E-state index is 11.7. The molecular weight excluding hydrogens is 372 g/mol. The van der Waals surface area contributed by atoms with Crippen molar-refractivity contribution in [3.05, 3.63) is 60.7 Å². The summed E-state index contributed by atoms with van der Waals surface area (Å²) >= 11 is 1.50. The van der Waals surface area contributed by atoms with Crippen LogP contribution in [0.25, 0.3) is 22.5 Å². The Kier molecular flexibility index (Phi) is 5.24. The summed E-state index contributed by atoms with van der Waals surface area (Å²) in [6.45, 7) is 1.68. The Balaban J connectivity index is 1.58. The molecule has 1 aliphatic heterocycles. The first-order chi connectivity index (χ1) is 13.5. The third kappa shape index (κ3) is 4.29. The van der Waals surface area contributed by atoms with Crippen LogP contribution in [0.2, 0.25) is 0 Å². The van der Waals surface area contributed by atoms with Crippen molar-refractivity contribution in [2.75, 3.05) is 5.75 Å². The van der Waals surface area contributed by atoms with Gasteiger partial charge in [-0.25, -0.2) is 4.98 Å². The number of thioether (sulfide) groups is 1. The minimum absolute atomic E-state index is 0.0469. The molecular formula is C22H22N2O3S. The first-order valence-corrected chi connectivity index (χ1v) is 10.2. The molecule has 0 bridgehead atoms. The van der Waals surface area contributed by atoms with Crippen LogP contribution in [0.3, 0.4) is 0 Å². The lowest BCUT2D eigenvalue weighted by Crippen LogP contribution is -2.41. The maximum Gasteiger partial charge on any atom is 0.309 e. The molecule has 1 aliphatic rings. The van der Waals surface area contributed by atoms with Gasteiger partial charge in [0, 0.05) is 23.3 Å². The van der Waals surface area contributed by atoms with E-state index in [1.54, 1.807) is 6.92 Å². The zero-order chi connectivity index (χ0) is 19.6. The number of ether oxygens (including phenoxy) is 1. The number of rotatable bonds is 5. The van der Waals surface area contributed by atoms with Crippen LogP contribution in [-0.2, 0) is 9.53 Å². The molecule has 1 aromatic heterocycles. The lowest BCUT2D eigenvalue weighted by molar-refractivity contribution is -0.165. The number of hydrogen-bond donors (Lipinski definition) is 2. The SMILES string of the molecule is C[C@]1(O)CC(=O)O[C@@H](CSc2nc(-c3ccccc3)c(-c3ccccc3)[nH]2)C1. The van der Waals surface area contributed by atoms with Crippen LogP contribution in [0.1, 0.15) is 19.8 Å². The first-order valence-electron chi connectivity index (χ1n) is 9.26. The number of carbonyl (C=O) groups excluding carboxylic acids is 1. The van der Waals surface area contributed by atoms with Crippen LogP contribution in [-0.4, -0.2) is 38.5 Å². The van der Waals surface area contributed by atoms with Crippen molar-refractivity contribution in [2.45, 2.75) is 36.6 Å². The first kappa shape index (κ1) is 18.8. The van der Waals surface area contributed by atoms with E-state index in [-0.39, 0.29) is 18.5 Å². The highest BCUT2D eigenvalue weighted by Crippen LogP contribution is 2.34. The summed E-state index contributed by atoms with van der Waals surface area (Å²) < 4.78 is 5.39. The highest BCUT2D eigenvalue weighted by Gasteiger charge is 2.36. The summed E-state index contributed by atoms with van der Waals surface area (Å²) in [5, 5.41) is 11.0. The van der Waals surface area contributed by atoms with E-state index < -0.39 is 5.60 Å². The fourth-order valence-corrected chi connectivity index (χ4v) is 4.31. The minimum atomic E-state index is -1.01. The number of hydrogen-bond acceptors (Lipinski definition) is 5. The smallest absolute Gasteiger partial charge is 0.309 e. The van der Waals surface area contributed by atoms with Crippen LogP contribution < -0.4 is 0 Å². The predicted molar refractivity (Wildman–Crippen MR) is 110 cm³/mol. The highest BCUT2D eigenvalue weighted by atomic mass is 32.2. The molecule has 0 aliphatic carbocycles. The number of nitrogens with zero attached hydrogens (tertiary/aromatic N) is 1. The molecule has 0 radical (unpaired) electrons. The van der Waals surface area contributed by atoms with Gasteiger partial charge < -0.3 is 14.8 Å². The third-order valence-electron chi connectivity index (χ3n) is 4.69. The van der Waals surface area contributed by atoms with Gasteiger partial charge in [-0.2, -0.15) is 0 Å². The molecule has 0 spiro atoms. The van der Waals surface area contributed by atoms with E-state index in [1.165, 1.54) is 11.8 Å².